The smallest absolute Gasteiger partial charge is 0.166 e. The molecule has 1 fully saturated rings. The molecule has 4 nitrogen and oxygen atoms in total. The van der Waals surface area contributed by atoms with E-state index in [1.807, 2.05) is 0 Å². The molecular formula is C22H20F2N2O2. The molecule has 0 amide bonds. The number of phenolic OH excluding ortho intramolecular Hbond substituents is 1. The fraction of sp³-hybridized carbons (Fsp3) is 0.227. The van der Waals surface area contributed by atoms with Gasteiger partial charge in [0.1, 0.15) is 11.6 Å². The van der Waals surface area contributed by atoms with Crippen LogP contribution in [0.3, 0.4) is 0 Å². The Balaban J connectivity index is 1.76. The van der Waals surface area contributed by atoms with Crippen molar-refractivity contribution in [3.05, 3.63) is 66.2 Å². The Bertz CT molecular complexity index is 988. The van der Waals surface area contributed by atoms with E-state index in [4.69, 9.17) is 4.74 Å². The highest BCUT2D eigenvalue weighted by atomic mass is 19.2. The maximum Gasteiger partial charge on any atom is 0.166 e. The predicted molar refractivity (Wildman–Crippen MR) is 104 cm³/mol. The van der Waals surface area contributed by atoms with Crippen LogP contribution >= 0.6 is 0 Å². The summed E-state index contributed by atoms with van der Waals surface area (Å²) >= 11 is 0. The van der Waals surface area contributed by atoms with Crippen molar-refractivity contribution in [3.63, 3.8) is 0 Å². The largest absolute Gasteiger partial charge is 0.507 e. The first-order valence-electron chi connectivity index (χ1n) is 9.22. The van der Waals surface area contributed by atoms with Gasteiger partial charge in [-0.1, -0.05) is 24.3 Å². The van der Waals surface area contributed by atoms with Gasteiger partial charge >= 0.3 is 0 Å². The van der Waals surface area contributed by atoms with Gasteiger partial charge in [0.25, 0.3) is 0 Å². The van der Waals surface area contributed by atoms with Crippen molar-refractivity contribution in [2.24, 2.45) is 0 Å². The number of phenols is 1. The number of ether oxygens (including phenoxy) is 1. The molecule has 0 radical (unpaired) electrons. The highest BCUT2D eigenvalue weighted by Gasteiger charge is 2.17. The summed E-state index contributed by atoms with van der Waals surface area (Å²) in [6, 6.07) is 14.2. The standard InChI is InChI=1S/C22H20F2N2O2/c23-18-8-3-7-16(22(18)24)14-11-19(17-6-1-2-9-20(17)27)26-21(12-14)25-13-15-5-4-10-28-15/h1-3,6-9,11-12,15,27H,4-5,10,13H2,(H,25,26). The van der Waals surface area contributed by atoms with Crippen LogP contribution in [-0.4, -0.2) is 29.3 Å². The van der Waals surface area contributed by atoms with E-state index < -0.39 is 11.6 Å². The summed E-state index contributed by atoms with van der Waals surface area (Å²) in [5.41, 5.74) is 1.59. The highest BCUT2D eigenvalue weighted by molar-refractivity contribution is 5.76. The van der Waals surface area contributed by atoms with Crippen LogP contribution in [0.2, 0.25) is 0 Å². The van der Waals surface area contributed by atoms with Crippen molar-refractivity contribution >= 4 is 5.82 Å². The van der Waals surface area contributed by atoms with Crippen molar-refractivity contribution < 1.29 is 18.6 Å². The minimum absolute atomic E-state index is 0.0666. The molecule has 1 aromatic heterocycles. The number of pyridine rings is 1. The van der Waals surface area contributed by atoms with Gasteiger partial charge in [0.2, 0.25) is 0 Å². The second-order valence-corrected chi connectivity index (χ2v) is 6.76. The molecule has 3 aromatic rings. The van der Waals surface area contributed by atoms with Crippen molar-refractivity contribution in [3.8, 4) is 28.1 Å². The monoisotopic (exact) mass is 382 g/mol. The molecule has 1 unspecified atom stereocenters. The number of nitrogens with one attached hydrogen (secondary N) is 1. The third kappa shape index (κ3) is 3.82. The van der Waals surface area contributed by atoms with E-state index in [0.29, 0.717) is 29.2 Å². The zero-order valence-corrected chi connectivity index (χ0v) is 15.2. The molecule has 2 aromatic carbocycles. The summed E-state index contributed by atoms with van der Waals surface area (Å²) in [4.78, 5) is 4.56. The summed E-state index contributed by atoms with van der Waals surface area (Å²) in [6.45, 7) is 1.32. The molecule has 1 saturated heterocycles. The van der Waals surface area contributed by atoms with E-state index in [2.05, 4.69) is 10.3 Å². The van der Waals surface area contributed by atoms with E-state index >= 15 is 0 Å². The SMILES string of the molecule is Oc1ccccc1-c1cc(-c2cccc(F)c2F)cc(NCC2CCCO2)n1. The molecular weight excluding hydrogens is 362 g/mol. The van der Waals surface area contributed by atoms with Crippen molar-refractivity contribution in [1.82, 2.24) is 4.98 Å². The Morgan fingerprint density at radius 3 is 2.68 bits per heavy atom. The molecule has 0 spiro atoms. The van der Waals surface area contributed by atoms with Crippen LogP contribution in [0.5, 0.6) is 5.75 Å². The van der Waals surface area contributed by atoms with Gasteiger partial charge in [0.15, 0.2) is 11.6 Å². The van der Waals surface area contributed by atoms with Gasteiger partial charge < -0.3 is 15.2 Å². The molecule has 4 rings (SSSR count). The van der Waals surface area contributed by atoms with E-state index in [1.165, 1.54) is 12.1 Å². The van der Waals surface area contributed by atoms with Gasteiger partial charge in [-0.2, -0.15) is 0 Å². The summed E-state index contributed by atoms with van der Waals surface area (Å²) in [6.07, 6.45) is 2.10. The molecule has 1 atom stereocenters. The van der Waals surface area contributed by atoms with Crippen molar-refractivity contribution in [2.45, 2.75) is 18.9 Å². The number of halogens is 2. The average Bonchev–Trinajstić information content (AvgIpc) is 3.22. The van der Waals surface area contributed by atoms with E-state index in [9.17, 15) is 13.9 Å². The topological polar surface area (TPSA) is 54.4 Å². The molecule has 144 valence electrons. The fourth-order valence-electron chi connectivity index (χ4n) is 3.36. The van der Waals surface area contributed by atoms with E-state index in [0.717, 1.165) is 25.5 Å². The van der Waals surface area contributed by atoms with Crippen molar-refractivity contribution in [2.75, 3.05) is 18.5 Å². The second-order valence-electron chi connectivity index (χ2n) is 6.76. The molecule has 0 bridgehead atoms. The van der Waals surface area contributed by atoms with Crippen LogP contribution in [0.1, 0.15) is 12.8 Å². The minimum Gasteiger partial charge on any atom is -0.507 e. The lowest BCUT2D eigenvalue weighted by Gasteiger charge is -2.15. The summed E-state index contributed by atoms with van der Waals surface area (Å²) in [5, 5.41) is 13.4. The molecule has 1 aliphatic rings. The number of aromatic nitrogens is 1. The normalized spacial score (nSPS) is 16.3. The second kappa shape index (κ2) is 7.94. The number of rotatable bonds is 5. The quantitative estimate of drug-likeness (QED) is 0.653. The molecule has 1 aliphatic heterocycles. The highest BCUT2D eigenvalue weighted by Crippen LogP contribution is 2.33. The van der Waals surface area contributed by atoms with Crippen LogP contribution in [0.4, 0.5) is 14.6 Å². The Morgan fingerprint density at radius 1 is 1.07 bits per heavy atom. The van der Waals surface area contributed by atoms with Crippen LogP contribution in [0.25, 0.3) is 22.4 Å². The number of benzene rings is 2. The summed E-state index contributed by atoms with van der Waals surface area (Å²) in [5.74, 6) is -1.25. The van der Waals surface area contributed by atoms with E-state index in [-0.39, 0.29) is 17.4 Å². The third-order valence-corrected chi connectivity index (χ3v) is 4.80. The molecule has 0 saturated carbocycles. The van der Waals surface area contributed by atoms with Crippen LogP contribution in [0, 0.1) is 11.6 Å². The first-order chi connectivity index (χ1) is 13.6. The molecule has 6 heteroatoms. The molecule has 2 N–H and O–H groups in total. The van der Waals surface area contributed by atoms with Crippen molar-refractivity contribution in [1.29, 1.82) is 0 Å². The van der Waals surface area contributed by atoms with Gasteiger partial charge in [-0.15, -0.1) is 0 Å². The minimum atomic E-state index is -0.915. The number of anilines is 1. The van der Waals surface area contributed by atoms with Gasteiger partial charge in [-0.3, -0.25) is 0 Å². The molecule has 2 heterocycles. The number of hydrogen-bond acceptors (Lipinski definition) is 4. The van der Waals surface area contributed by atoms with Crippen LogP contribution in [0.15, 0.2) is 54.6 Å². The van der Waals surface area contributed by atoms with Gasteiger partial charge in [-0.05, 0) is 48.7 Å². The van der Waals surface area contributed by atoms with Gasteiger partial charge in [0, 0.05) is 24.3 Å². The summed E-state index contributed by atoms with van der Waals surface area (Å²) < 4.78 is 33.7. The van der Waals surface area contributed by atoms with Crippen LogP contribution < -0.4 is 5.32 Å². The number of hydrogen-bond donors (Lipinski definition) is 2. The van der Waals surface area contributed by atoms with Gasteiger partial charge in [0.05, 0.1) is 11.8 Å². The lowest BCUT2D eigenvalue weighted by atomic mass is 10.0. The molecule has 0 aliphatic carbocycles. The third-order valence-electron chi connectivity index (χ3n) is 4.80. The predicted octanol–water partition coefficient (Wildman–Crippen LogP) is 4.99. The fourth-order valence-corrected chi connectivity index (χ4v) is 3.36. The number of nitrogens with zero attached hydrogens (tertiary/aromatic N) is 1. The first-order valence-corrected chi connectivity index (χ1v) is 9.22. The zero-order valence-electron chi connectivity index (χ0n) is 15.2. The lowest BCUT2D eigenvalue weighted by molar-refractivity contribution is 0.120. The Kier molecular flexibility index (Phi) is 5.21. The maximum absolute atomic E-state index is 14.4. The number of para-hydroxylation sites is 1. The summed E-state index contributed by atoms with van der Waals surface area (Å²) in [7, 11) is 0. The van der Waals surface area contributed by atoms with E-state index in [1.54, 1.807) is 36.4 Å². The van der Waals surface area contributed by atoms with Gasteiger partial charge in [-0.25, -0.2) is 13.8 Å². The lowest BCUT2D eigenvalue weighted by Crippen LogP contribution is -2.19. The number of aromatic hydroxyl groups is 1. The average molecular weight is 382 g/mol. The molecule has 28 heavy (non-hydrogen) atoms. The Labute approximate surface area is 161 Å². The first kappa shape index (κ1) is 18.4. The maximum atomic E-state index is 14.4. The zero-order chi connectivity index (χ0) is 19.5. The van der Waals surface area contributed by atoms with Crippen LogP contribution in [-0.2, 0) is 4.74 Å². The Hall–Kier alpha value is -2.99. The Morgan fingerprint density at radius 2 is 1.89 bits per heavy atom.